The summed E-state index contributed by atoms with van der Waals surface area (Å²) in [5.74, 6) is -0.856. The molecular weight excluding hydrogens is 190 g/mol. The highest BCUT2D eigenvalue weighted by Gasteiger charge is 2.09. The van der Waals surface area contributed by atoms with Gasteiger partial charge in [0.2, 0.25) is 5.91 Å². The van der Waals surface area contributed by atoms with Gasteiger partial charge in [0.05, 0.1) is 5.25 Å². The molecule has 13 heavy (non-hydrogen) atoms. The van der Waals surface area contributed by atoms with E-state index in [9.17, 15) is 9.59 Å². The molecule has 0 rings (SSSR count). The second-order valence-electron chi connectivity index (χ2n) is 2.67. The van der Waals surface area contributed by atoms with E-state index in [0.29, 0.717) is 13.0 Å². The summed E-state index contributed by atoms with van der Waals surface area (Å²) in [5.41, 5.74) is 0. The average Bonchev–Trinajstić information content (AvgIpc) is 2.10. The lowest BCUT2D eigenvalue weighted by atomic mass is 10.3. The molecule has 0 saturated heterocycles. The van der Waals surface area contributed by atoms with Gasteiger partial charge in [-0.25, -0.2) is 0 Å². The number of rotatable bonds is 6. The number of carbonyl (C=O) groups is 2. The Morgan fingerprint density at radius 3 is 2.62 bits per heavy atom. The van der Waals surface area contributed by atoms with E-state index in [1.807, 2.05) is 13.2 Å². The lowest BCUT2D eigenvalue weighted by molar-refractivity contribution is -0.137. The van der Waals surface area contributed by atoms with Gasteiger partial charge in [0.1, 0.15) is 0 Å². The average molecular weight is 205 g/mol. The fourth-order valence-electron chi connectivity index (χ4n) is 0.702. The van der Waals surface area contributed by atoms with Crippen molar-refractivity contribution in [3.05, 3.63) is 0 Å². The van der Waals surface area contributed by atoms with E-state index in [-0.39, 0.29) is 17.6 Å². The summed E-state index contributed by atoms with van der Waals surface area (Å²) < 4.78 is 0. The normalized spacial score (nSPS) is 12.2. The SMILES string of the molecule is CSC(C)C(=O)NCCCC(=O)O. The molecule has 4 nitrogen and oxygen atoms in total. The number of nitrogens with one attached hydrogen (secondary N) is 1. The number of carboxylic acid groups (broad SMARTS) is 1. The third kappa shape index (κ3) is 6.45. The number of hydrogen-bond acceptors (Lipinski definition) is 3. The van der Waals surface area contributed by atoms with Gasteiger partial charge in [-0.3, -0.25) is 9.59 Å². The molecule has 0 aliphatic rings. The van der Waals surface area contributed by atoms with E-state index in [4.69, 9.17) is 5.11 Å². The molecule has 0 bridgehead atoms. The van der Waals surface area contributed by atoms with Crippen LogP contribution in [0.25, 0.3) is 0 Å². The quantitative estimate of drug-likeness (QED) is 0.627. The first-order chi connectivity index (χ1) is 6.07. The van der Waals surface area contributed by atoms with Crippen LogP contribution in [0.4, 0.5) is 0 Å². The molecular formula is C8H15NO3S. The fourth-order valence-corrected chi connectivity index (χ4v) is 0.999. The molecule has 1 atom stereocenters. The van der Waals surface area contributed by atoms with E-state index in [2.05, 4.69) is 5.32 Å². The van der Waals surface area contributed by atoms with Crippen molar-refractivity contribution in [3.63, 3.8) is 0 Å². The Labute approximate surface area is 82.1 Å². The van der Waals surface area contributed by atoms with Crippen LogP contribution in [-0.4, -0.2) is 35.0 Å². The maximum atomic E-state index is 11.1. The lowest BCUT2D eigenvalue weighted by Crippen LogP contribution is -2.31. The van der Waals surface area contributed by atoms with Crippen molar-refractivity contribution in [2.75, 3.05) is 12.8 Å². The summed E-state index contributed by atoms with van der Waals surface area (Å²) >= 11 is 1.47. The summed E-state index contributed by atoms with van der Waals surface area (Å²) in [6.07, 6.45) is 2.46. The van der Waals surface area contributed by atoms with Crippen LogP contribution in [0, 0.1) is 0 Å². The molecule has 76 valence electrons. The lowest BCUT2D eigenvalue weighted by Gasteiger charge is -2.08. The molecule has 0 spiro atoms. The van der Waals surface area contributed by atoms with Crippen LogP contribution < -0.4 is 5.32 Å². The Hall–Kier alpha value is -0.710. The molecule has 0 heterocycles. The first-order valence-electron chi connectivity index (χ1n) is 4.10. The molecule has 0 aliphatic heterocycles. The van der Waals surface area contributed by atoms with E-state index in [1.54, 1.807) is 0 Å². The van der Waals surface area contributed by atoms with E-state index < -0.39 is 5.97 Å². The number of aliphatic carboxylic acids is 1. The van der Waals surface area contributed by atoms with Gasteiger partial charge in [0.15, 0.2) is 0 Å². The third-order valence-electron chi connectivity index (χ3n) is 1.59. The standard InChI is InChI=1S/C8H15NO3S/c1-6(13-2)8(12)9-5-3-4-7(10)11/h6H,3-5H2,1-2H3,(H,9,12)(H,10,11). The summed E-state index contributed by atoms with van der Waals surface area (Å²) in [4.78, 5) is 21.3. The van der Waals surface area contributed by atoms with E-state index in [1.165, 1.54) is 11.8 Å². The van der Waals surface area contributed by atoms with Crippen molar-refractivity contribution in [2.24, 2.45) is 0 Å². The molecule has 0 aromatic carbocycles. The van der Waals surface area contributed by atoms with Crippen LogP contribution in [0.2, 0.25) is 0 Å². The second-order valence-corrected chi connectivity index (χ2v) is 3.84. The minimum Gasteiger partial charge on any atom is -0.481 e. The number of carboxylic acids is 1. The zero-order valence-electron chi connectivity index (χ0n) is 7.87. The Bertz CT molecular complexity index is 184. The third-order valence-corrected chi connectivity index (χ3v) is 2.51. The van der Waals surface area contributed by atoms with Gasteiger partial charge in [0.25, 0.3) is 0 Å². The van der Waals surface area contributed by atoms with Crippen molar-refractivity contribution in [3.8, 4) is 0 Å². The highest BCUT2D eigenvalue weighted by atomic mass is 32.2. The predicted octanol–water partition coefficient (Wildman–Crippen LogP) is 0.719. The van der Waals surface area contributed by atoms with Gasteiger partial charge in [-0.05, 0) is 19.6 Å². The smallest absolute Gasteiger partial charge is 0.303 e. The number of hydrogen-bond donors (Lipinski definition) is 2. The van der Waals surface area contributed by atoms with Crippen molar-refractivity contribution in [1.82, 2.24) is 5.32 Å². The summed E-state index contributed by atoms with van der Waals surface area (Å²) in [6.45, 7) is 2.26. The zero-order chi connectivity index (χ0) is 10.3. The first kappa shape index (κ1) is 12.3. The summed E-state index contributed by atoms with van der Waals surface area (Å²) in [6, 6.07) is 0. The number of amides is 1. The van der Waals surface area contributed by atoms with Crippen molar-refractivity contribution < 1.29 is 14.7 Å². The maximum Gasteiger partial charge on any atom is 0.303 e. The molecule has 0 fully saturated rings. The monoisotopic (exact) mass is 205 g/mol. The zero-order valence-corrected chi connectivity index (χ0v) is 8.69. The summed E-state index contributed by atoms with van der Waals surface area (Å²) in [5, 5.41) is 10.9. The molecule has 2 N–H and O–H groups in total. The van der Waals surface area contributed by atoms with E-state index >= 15 is 0 Å². The fraction of sp³-hybridized carbons (Fsp3) is 0.750. The van der Waals surface area contributed by atoms with Gasteiger partial charge in [-0.15, -0.1) is 0 Å². The Morgan fingerprint density at radius 1 is 1.54 bits per heavy atom. The summed E-state index contributed by atoms with van der Waals surface area (Å²) in [7, 11) is 0. The van der Waals surface area contributed by atoms with Crippen molar-refractivity contribution in [2.45, 2.75) is 25.0 Å². The highest BCUT2D eigenvalue weighted by molar-refractivity contribution is 7.99. The molecule has 0 aromatic rings. The van der Waals surface area contributed by atoms with Crippen LogP contribution in [-0.2, 0) is 9.59 Å². The number of thioether (sulfide) groups is 1. The molecule has 1 unspecified atom stereocenters. The minimum absolute atomic E-state index is 0.0297. The highest BCUT2D eigenvalue weighted by Crippen LogP contribution is 2.03. The van der Waals surface area contributed by atoms with Crippen molar-refractivity contribution in [1.29, 1.82) is 0 Å². The molecule has 0 saturated carbocycles. The van der Waals surface area contributed by atoms with Crippen molar-refractivity contribution >= 4 is 23.6 Å². The maximum absolute atomic E-state index is 11.1. The van der Waals surface area contributed by atoms with Gasteiger partial charge in [-0.2, -0.15) is 11.8 Å². The Kier molecular flexibility index (Phi) is 6.40. The van der Waals surface area contributed by atoms with Crippen LogP contribution in [0.15, 0.2) is 0 Å². The Morgan fingerprint density at radius 2 is 2.15 bits per heavy atom. The topological polar surface area (TPSA) is 66.4 Å². The van der Waals surface area contributed by atoms with Crippen LogP contribution in [0.3, 0.4) is 0 Å². The van der Waals surface area contributed by atoms with E-state index in [0.717, 1.165) is 0 Å². The van der Waals surface area contributed by atoms with Crippen LogP contribution in [0.1, 0.15) is 19.8 Å². The first-order valence-corrected chi connectivity index (χ1v) is 5.39. The van der Waals surface area contributed by atoms with Crippen LogP contribution in [0.5, 0.6) is 0 Å². The predicted molar refractivity (Wildman–Crippen MR) is 52.9 cm³/mol. The van der Waals surface area contributed by atoms with Gasteiger partial charge >= 0.3 is 5.97 Å². The minimum atomic E-state index is -0.827. The number of carbonyl (C=O) groups excluding carboxylic acids is 1. The molecule has 0 aliphatic carbocycles. The van der Waals surface area contributed by atoms with Gasteiger partial charge in [-0.1, -0.05) is 0 Å². The molecule has 1 amide bonds. The Balaban J connectivity index is 3.42. The molecule has 0 aromatic heterocycles. The second kappa shape index (κ2) is 6.77. The van der Waals surface area contributed by atoms with Crippen LogP contribution >= 0.6 is 11.8 Å². The van der Waals surface area contributed by atoms with Gasteiger partial charge in [0, 0.05) is 13.0 Å². The molecule has 0 radical (unpaired) electrons. The molecule has 5 heteroatoms. The van der Waals surface area contributed by atoms with Gasteiger partial charge < -0.3 is 10.4 Å². The largest absolute Gasteiger partial charge is 0.481 e.